The van der Waals surface area contributed by atoms with Gasteiger partial charge in [0.2, 0.25) is 0 Å². The standard InChI is InChI=1S/3C3H7O2.H3O4P.3Zn/c3*1-3(5)2-4;1-5(2,3)4;;;/h3*3-5H,1-2H2;(H3,1,2,3,4);;;/q;;;;3*+1/p-3. The monoisotopic (exact) mass is 512 g/mol. The van der Waals surface area contributed by atoms with E-state index in [-0.39, 0.29) is 19.8 Å². The molecular weight excluding hydrogens is 495 g/mol. The Morgan fingerprint density at radius 1 is 0.696 bits per heavy atom. The Bertz CT molecular complexity index is 214. The average molecular weight is 516 g/mol. The molecule has 0 heterocycles. The van der Waals surface area contributed by atoms with Gasteiger partial charge < -0.3 is 19.2 Å². The molecule has 3 unspecified atom stereocenters. The second-order valence-corrected chi connectivity index (χ2v) is 8.35. The summed E-state index contributed by atoms with van der Waals surface area (Å²) in [5.41, 5.74) is 0. The van der Waals surface area contributed by atoms with Crippen LogP contribution in [-0.2, 0) is 59.5 Å². The Kier molecular flexibility index (Phi) is 33.5. The number of rotatable bonds is 6. The number of aliphatic hydroxyl groups is 6. The van der Waals surface area contributed by atoms with Gasteiger partial charge in [0, 0.05) is 0 Å². The van der Waals surface area contributed by atoms with Gasteiger partial charge in [-0.1, -0.05) is 0 Å². The van der Waals surface area contributed by atoms with Gasteiger partial charge in [-0.15, -0.1) is 0 Å². The molecule has 14 heteroatoms. The van der Waals surface area contributed by atoms with Crippen molar-refractivity contribution in [3.63, 3.8) is 0 Å². The minimum absolute atomic E-state index is 0.0833. The van der Waals surface area contributed by atoms with Crippen LogP contribution in [0.5, 0.6) is 0 Å². The maximum absolute atomic E-state index is 8.55. The Labute approximate surface area is 165 Å². The molecule has 0 aliphatic carbocycles. The number of hydrogen-bond donors (Lipinski definition) is 6. The molecule has 6 N–H and O–H groups in total. The summed E-state index contributed by atoms with van der Waals surface area (Å²) >= 11 is 3.17. The summed E-state index contributed by atoms with van der Waals surface area (Å²) in [6.07, 6.45) is -1.36. The van der Waals surface area contributed by atoms with Crippen LogP contribution in [0.4, 0.5) is 0 Å². The third kappa shape index (κ3) is 59.4. The second-order valence-electron chi connectivity index (χ2n) is 3.82. The summed E-state index contributed by atoms with van der Waals surface area (Å²) in [6, 6.07) is 0. The molecule has 0 aromatic heterocycles. The zero-order chi connectivity index (χ0) is 19.5. The predicted molar refractivity (Wildman–Crippen MR) is 61.3 cm³/mol. The normalized spacial score (nSPS) is 14.0. The summed E-state index contributed by atoms with van der Waals surface area (Å²) in [5, 5.41) is 51.9. The van der Waals surface area contributed by atoms with E-state index in [2.05, 4.69) is 0 Å². The molecule has 0 radical (unpaired) electrons. The predicted octanol–water partition coefficient (Wildman–Crippen LogP) is -4.91. The molecule has 0 aromatic carbocycles. The summed E-state index contributed by atoms with van der Waals surface area (Å²) in [4.78, 5) is 25.6. The summed E-state index contributed by atoms with van der Waals surface area (Å²) in [7, 11) is -5.39. The van der Waals surface area contributed by atoms with Gasteiger partial charge in [0.1, 0.15) is 0 Å². The van der Waals surface area contributed by atoms with Gasteiger partial charge >= 0.3 is 139 Å². The fourth-order valence-corrected chi connectivity index (χ4v) is 1.42. The van der Waals surface area contributed by atoms with Gasteiger partial charge in [0.05, 0.1) is 0 Å². The Morgan fingerprint density at radius 2 is 0.826 bits per heavy atom. The molecule has 0 spiro atoms. The van der Waals surface area contributed by atoms with Crippen LogP contribution in [0.25, 0.3) is 0 Å². The molecule has 0 aliphatic rings. The number of phosphoric acid groups is 1. The van der Waals surface area contributed by atoms with Crippen LogP contribution < -0.4 is 14.7 Å². The van der Waals surface area contributed by atoms with Crippen molar-refractivity contribution in [2.75, 3.05) is 19.8 Å². The van der Waals surface area contributed by atoms with Gasteiger partial charge in [-0.3, -0.25) is 0 Å². The van der Waals surface area contributed by atoms with Gasteiger partial charge in [-0.2, -0.15) is 7.82 Å². The fourth-order valence-electron chi connectivity index (χ4n) is 0.274. The van der Waals surface area contributed by atoms with Crippen LogP contribution in [0.15, 0.2) is 0 Å². The second kappa shape index (κ2) is 23.7. The van der Waals surface area contributed by atoms with E-state index in [9.17, 15) is 0 Å². The van der Waals surface area contributed by atoms with Crippen LogP contribution in [0.1, 0.15) is 0 Å². The van der Waals surface area contributed by atoms with Crippen LogP contribution in [0, 0.1) is 0 Å². The molecule has 23 heavy (non-hydrogen) atoms. The van der Waals surface area contributed by atoms with Crippen molar-refractivity contribution in [1.29, 1.82) is 0 Å². The molecular formula is C9H21O10PZn3. The van der Waals surface area contributed by atoms with E-state index in [0.29, 0.717) is 0 Å². The molecule has 0 saturated carbocycles. The summed E-state index contributed by atoms with van der Waals surface area (Å²) in [5.74, 6) is 0. The minimum atomic E-state index is -5.39. The molecule has 0 rings (SSSR count). The van der Waals surface area contributed by atoms with E-state index < -0.39 is 26.1 Å². The molecule has 128 valence electrons. The van der Waals surface area contributed by atoms with E-state index in [1.165, 1.54) is 0 Å². The van der Waals surface area contributed by atoms with Crippen LogP contribution in [0.2, 0.25) is 15.0 Å². The Morgan fingerprint density at radius 3 is 0.826 bits per heavy atom. The molecule has 0 aliphatic heterocycles. The molecule has 0 aromatic rings. The van der Waals surface area contributed by atoms with Gasteiger partial charge in [0.25, 0.3) is 0 Å². The van der Waals surface area contributed by atoms with Crippen LogP contribution in [0.3, 0.4) is 0 Å². The molecule has 0 fully saturated rings. The third-order valence-electron chi connectivity index (χ3n) is 1.63. The van der Waals surface area contributed by atoms with E-state index in [0.717, 1.165) is 70.0 Å². The first-order valence-corrected chi connectivity index (χ1v) is 14.2. The van der Waals surface area contributed by atoms with E-state index in [1.807, 2.05) is 0 Å². The van der Waals surface area contributed by atoms with Gasteiger partial charge in [0.15, 0.2) is 0 Å². The van der Waals surface area contributed by atoms with E-state index in [1.54, 1.807) is 0 Å². The van der Waals surface area contributed by atoms with Crippen molar-refractivity contribution in [3.05, 3.63) is 0 Å². The van der Waals surface area contributed by atoms with E-state index >= 15 is 0 Å². The average Bonchev–Trinajstić information content (AvgIpc) is 2.51. The fraction of sp³-hybridized carbons (Fsp3) is 1.00. The zero-order valence-corrected chi connectivity index (χ0v) is 22.7. The quantitative estimate of drug-likeness (QED) is 0.146. The van der Waals surface area contributed by atoms with Gasteiger partial charge in [-0.25, -0.2) is 0 Å². The summed E-state index contributed by atoms with van der Waals surface area (Å²) < 4.78 is 8.55. The molecule has 10 nitrogen and oxygen atoms in total. The Balaban J connectivity index is -0.000000105. The van der Waals surface area contributed by atoms with E-state index in [4.69, 9.17) is 49.9 Å². The van der Waals surface area contributed by atoms with Crippen LogP contribution in [-0.4, -0.2) is 68.8 Å². The zero-order valence-electron chi connectivity index (χ0n) is 12.9. The molecule has 3 atom stereocenters. The van der Waals surface area contributed by atoms with Crippen molar-refractivity contribution in [3.8, 4) is 0 Å². The van der Waals surface area contributed by atoms with Gasteiger partial charge in [-0.05, 0) is 0 Å². The number of aliphatic hydroxyl groups excluding tert-OH is 6. The van der Waals surface area contributed by atoms with Crippen molar-refractivity contribution in [2.45, 2.75) is 33.4 Å². The first kappa shape index (κ1) is 32.4. The van der Waals surface area contributed by atoms with Crippen molar-refractivity contribution in [2.24, 2.45) is 0 Å². The third-order valence-corrected chi connectivity index (χ3v) is 5.83. The van der Waals surface area contributed by atoms with Crippen LogP contribution >= 0.6 is 7.82 Å². The first-order chi connectivity index (χ1) is 10.4. The van der Waals surface area contributed by atoms with Crippen molar-refractivity contribution >= 4 is 7.82 Å². The number of hydrogen-bond acceptors (Lipinski definition) is 10. The topological polar surface area (TPSA) is 208 Å². The van der Waals surface area contributed by atoms with Crippen molar-refractivity contribution < 1.29 is 105 Å². The molecule has 0 saturated heterocycles. The Hall–Kier alpha value is 1.74. The first-order valence-electron chi connectivity index (χ1n) is 6.40. The summed E-state index contributed by atoms with van der Waals surface area (Å²) in [6.45, 7) is -0.250. The molecule has 0 amide bonds. The SMILES string of the molecule is O=P([O-])([O-])[O-].OCC(O)[CH2][Zn+].OCC(O)[CH2][Zn+].OCC(O)[CH2][Zn+]. The molecule has 0 bridgehead atoms. The maximum atomic E-state index is 8.55. The van der Waals surface area contributed by atoms with Crippen molar-refractivity contribution in [1.82, 2.24) is 0 Å².